The fourth-order valence-electron chi connectivity index (χ4n) is 4.96. The Morgan fingerprint density at radius 3 is 2.66 bits per heavy atom. The molecular formula is C22H28N4O3. The summed E-state index contributed by atoms with van der Waals surface area (Å²) in [6, 6.07) is 7.75. The van der Waals surface area contributed by atoms with Crippen LogP contribution in [0.3, 0.4) is 0 Å². The number of imide groups is 1. The van der Waals surface area contributed by atoms with Gasteiger partial charge >= 0.3 is 6.03 Å². The standard InChI is InChI=1S/C22H28N4O3/c27-19(25-11-8-17(9-12-25)23-13-15-5-6-15)14-26-20(28)22(24-21(26)29)10-7-16-3-1-2-4-18(16)22/h1-4,15,17,23H,5-14H2,(H,24,29). The van der Waals surface area contributed by atoms with Gasteiger partial charge in [0.05, 0.1) is 0 Å². The van der Waals surface area contributed by atoms with Crippen LogP contribution in [0.1, 0.15) is 43.2 Å². The number of rotatable bonds is 5. The largest absolute Gasteiger partial charge is 0.341 e. The number of likely N-dealkylation sites (tertiary alicyclic amines) is 1. The number of nitrogens with one attached hydrogen (secondary N) is 2. The zero-order valence-electron chi connectivity index (χ0n) is 16.7. The number of benzene rings is 1. The number of fused-ring (bicyclic) bond motifs is 2. The van der Waals surface area contributed by atoms with Crippen molar-refractivity contribution in [2.45, 2.75) is 50.1 Å². The van der Waals surface area contributed by atoms with Gasteiger partial charge in [-0.1, -0.05) is 24.3 Å². The Morgan fingerprint density at radius 1 is 1.14 bits per heavy atom. The van der Waals surface area contributed by atoms with Crippen molar-refractivity contribution < 1.29 is 14.4 Å². The van der Waals surface area contributed by atoms with Crippen molar-refractivity contribution in [3.8, 4) is 0 Å². The monoisotopic (exact) mass is 396 g/mol. The third-order valence-corrected chi connectivity index (χ3v) is 6.96. The van der Waals surface area contributed by atoms with Gasteiger partial charge in [-0.3, -0.25) is 14.5 Å². The van der Waals surface area contributed by atoms with Gasteiger partial charge in [0.2, 0.25) is 5.91 Å². The fraction of sp³-hybridized carbons (Fsp3) is 0.591. The minimum Gasteiger partial charge on any atom is -0.341 e. The lowest BCUT2D eigenvalue weighted by molar-refractivity contribution is -0.139. The SMILES string of the molecule is O=C(CN1C(=O)NC2(CCc3ccccc32)C1=O)N1CCC(NCC2CC2)CC1. The van der Waals surface area contributed by atoms with E-state index in [9.17, 15) is 14.4 Å². The minimum atomic E-state index is -0.992. The van der Waals surface area contributed by atoms with Gasteiger partial charge in [-0.25, -0.2) is 4.79 Å². The van der Waals surface area contributed by atoms with E-state index >= 15 is 0 Å². The summed E-state index contributed by atoms with van der Waals surface area (Å²) >= 11 is 0. The van der Waals surface area contributed by atoms with Crippen LogP contribution in [-0.2, 0) is 21.5 Å². The van der Waals surface area contributed by atoms with Crippen LogP contribution in [0.25, 0.3) is 0 Å². The van der Waals surface area contributed by atoms with Gasteiger partial charge in [0.1, 0.15) is 12.1 Å². The third-order valence-electron chi connectivity index (χ3n) is 6.96. The van der Waals surface area contributed by atoms with Crippen LogP contribution >= 0.6 is 0 Å². The molecule has 4 amide bonds. The molecule has 1 saturated carbocycles. The predicted octanol–water partition coefficient (Wildman–Crippen LogP) is 1.37. The molecule has 1 atom stereocenters. The van der Waals surface area contributed by atoms with E-state index in [2.05, 4.69) is 10.6 Å². The summed E-state index contributed by atoms with van der Waals surface area (Å²) in [7, 11) is 0. The fourth-order valence-corrected chi connectivity index (χ4v) is 4.96. The van der Waals surface area contributed by atoms with Gasteiger partial charge in [0, 0.05) is 19.1 Å². The second-order valence-corrected chi connectivity index (χ2v) is 8.89. The number of piperidine rings is 1. The highest BCUT2D eigenvalue weighted by Crippen LogP contribution is 2.41. The van der Waals surface area contributed by atoms with E-state index < -0.39 is 11.6 Å². The second-order valence-electron chi connectivity index (χ2n) is 8.89. The summed E-state index contributed by atoms with van der Waals surface area (Å²) < 4.78 is 0. The Labute approximate surface area is 170 Å². The molecule has 0 bridgehead atoms. The maximum atomic E-state index is 13.2. The molecule has 154 valence electrons. The zero-order valence-corrected chi connectivity index (χ0v) is 16.7. The highest BCUT2D eigenvalue weighted by atomic mass is 16.2. The molecule has 4 aliphatic rings. The van der Waals surface area contributed by atoms with E-state index in [-0.39, 0.29) is 18.4 Å². The average molecular weight is 396 g/mol. The molecule has 5 rings (SSSR count). The molecule has 29 heavy (non-hydrogen) atoms. The number of hydrogen-bond donors (Lipinski definition) is 2. The zero-order chi connectivity index (χ0) is 20.0. The van der Waals surface area contributed by atoms with E-state index in [4.69, 9.17) is 0 Å². The van der Waals surface area contributed by atoms with E-state index in [1.807, 2.05) is 24.3 Å². The van der Waals surface area contributed by atoms with Gasteiger partial charge in [-0.15, -0.1) is 0 Å². The topological polar surface area (TPSA) is 81.8 Å². The summed E-state index contributed by atoms with van der Waals surface area (Å²) in [6.07, 6.45) is 5.83. The molecule has 2 heterocycles. The summed E-state index contributed by atoms with van der Waals surface area (Å²) in [5, 5.41) is 6.50. The van der Waals surface area contributed by atoms with E-state index in [0.717, 1.165) is 47.8 Å². The molecule has 1 aromatic rings. The molecule has 2 N–H and O–H groups in total. The summed E-state index contributed by atoms with van der Waals surface area (Å²) in [5.74, 6) is 0.418. The predicted molar refractivity (Wildman–Crippen MR) is 107 cm³/mol. The Balaban J connectivity index is 1.20. The Hall–Kier alpha value is -2.41. The van der Waals surface area contributed by atoms with Gasteiger partial charge in [-0.05, 0) is 62.1 Å². The van der Waals surface area contributed by atoms with Gasteiger partial charge in [0.15, 0.2) is 0 Å². The molecular weight excluding hydrogens is 368 g/mol. The number of hydrogen-bond acceptors (Lipinski definition) is 4. The first-order chi connectivity index (χ1) is 14.1. The van der Waals surface area contributed by atoms with Crippen molar-refractivity contribution in [3.05, 3.63) is 35.4 Å². The Kier molecular flexibility index (Phi) is 4.57. The van der Waals surface area contributed by atoms with Crippen molar-refractivity contribution in [2.24, 2.45) is 5.92 Å². The highest BCUT2D eigenvalue weighted by Gasteiger charge is 2.55. The molecule has 7 heteroatoms. The number of amides is 4. The number of nitrogens with zero attached hydrogens (tertiary/aromatic N) is 2. The highest BCUT2D eigenvalue weighted by molar-refractivity contribution is 6.09. The molecule has 7 nitrogen and oxygen atoms in total. The van der Waals surface area contributed by atoms with E-state index in [1.165, 1.54) is 12.8 Å². The molecule has 2 aliphatic carbocycles. The summed E-state index contributed by atoms with van der Waals surface area (Å²) in [4.78, 5) is 41.5. The van der Waals surface area contributed by atoms with Crippen molar-refractivity contribution in [1.82, 2.24) is 20.4 Å². The van der Waals surface area contributed by atoms with E-state index in [0.29, 0.717) is 25.6 Å². The molecule has 1 spiro atoms. The lowest BCUT2D eigenvalue weighted by atomic mass is 9.92. The van der Waals surface area contributed by atoms with Crippen LogP contribution in [0.2, 0.25) is 0 Å². The normalized spacial score (nSPS) is 26.9. The van der Waals surface area contributed by atoms with Crippen LogP contribution < -0.4 is 10.6 Å². The number of carbonyl (C=O) groups excluding carboxylic acids is 3. The molecule has 1 aromatic carbocycles. The van der Waals surface area contributed by atoms with Crippen LogP contribution in [0.5, 0.6) is 0 Å². The second kappa shape index (κ2) is 7.13. The van der Waals surface area contributed by atoms with Crippen LogP contribution in [0.4, 0.5) is 4.79 Å². The number of carbonyl (C=O) groups is 3. The number of aryl methyl sites for hydroxylation is 1. The number of urea groups is 1. The first-order valence-corrected chi connectivity index (χ1v) is 10.8. The molecule has 0 aromatic heterocycles. The van der Waals surface area contributed by atoms with Gasteiger partial charge < -0.3 is 15.5 Å². The Bertz CT molecular complexity index is 844. The quantitative estimate of drug-likeness (QED) is 0.737. The Morgan fingerprint density at radius 2 is 1.90 bits per heavy atom. The first kappa shape index (κ1) is 18.6. The third kappa shape index (κ3) is 3.31. The van der Waals surface area contributed by atoms with Crippen LogP contribution in [0, 0.1) is 5.92 Å². The molecule has 3 fully saturated rings. The molecule has 2 saturated heterocycles. The molecule has 0 radical (unpaired) electrons. The lowest BCUT2D eigenvalue weighted by Gasteiger charge is -2.33. The summed E-state index contributed by atoms with van der Waals surface area (Å²) in [6.45, 7) is 2.27. The van der Waals surface area contributed by atoms with Crippen molar-refractivity contribution in [1.29, 1.82) is 0 Å². The molecule has 1 unspecified atom stereocenters. The lowest BCUT2D eigenvalue weighted by Crippen LogP contribution is -2.49. The van der Waals surface area contributed by atoms with E-state index in [1.54, 1.807) is 4.90 Å². The maximum absolute atomic E-state index is 13.2. The van der Waals surface area contributed by atoms with Gasteiger partial charge in [-0.2, -0.15) is 0 Å². The van der Waals surface area contributed by atoms with Crippen molar-refractivity contribution >= 4 is 17.8 Å². The van der Waals surface area contributed by atoms with Crippen LogP contribution in [-0.4, -0.2) is 59.9 Å². The molecule has 2 aliphatic heterocycles. The minimum absolute atomic E-state index is 0.141. The van der Waals surface area contributed by atoms with Crippen molar-refractivity contribution in [2.75, 3.05) is 26.2 Å². The van der Waals surface area contributed by atoms with Crippen molar-refractivity contribution in [3.63, 3.8) is 0 Å². The summed E-state index contributed by atoms with van der Waals surface area (Å²) in [5.41, 5.74) is 0.971. The first-order valence-electron chi connectivity index (χ1n) is 10.8. The average Bonchev–Trinajstić information content (AvgIpc) is 3.46. The van der Waals surface area contributed by atoms with Crippen LogP contribution in [0.15, 0.2) is 24.3 Å². The van der Waals surface area contributed by atoms with Gasteiger partial charge in [0.25, 0.3) is 5.91 Å². The maximum Gasteiger partial charge on any atom is 0.325 e. The smallest absolute Gasteiger partial charge is 0.325 e.